The van der Waals surface area contributed by atoms with Gasteiger partial charge >= 0.3 is 0 Å². The van der Waals surface area contributed by atoms with Crippen LogP contribution in [0.2, 0.25) is 0 Å². The number of rotatable bonds is 8. The van der Waals surface area contributed by atoms with Crippen LogP contribution in [-0.4, -0.2) is 31.7 Å². The summed E-state index contributed by atoms with van der Waals surface area (Å²) in [6.07, 6.45) is 1.58. The van der Waals surface area contributed by atoms with Crippen molar-refractivity contribution in [1.82, 2.24) is 4.98 Å². The summed E-state index contributed by atoms with van der Waals surface area (Å²) in [6, 6.07) is 16.2. The van der Waals surface area contributed by atoms with Crippen LogP contribution in [0.5, 0.6) is 17.2 Å². The highest BCUT2D eigenvalue weighted by atomic mass is 16.5. The van der Waals surface area contributed by atoms with E-state index in [1.165, 1.54) is 0 Å². The monoisotopic (exact) mass is 393 g/mol. The summed E-state index contributed by atoms with van der Waals surface area (Å²) >= 11 is 0. The van der Waals surface area contributed by atoms with Crippen molar-refractivity contribution in [2.24, 2.45) is 0 Å². The summed E-state index contributed by atoms with van der Waals surface area (Å²) in [5, 5.41) is 6.09. The molecule has 0 radical (unpaired) electrons. The van der Waals surface area contributed by atoms with E-state index in [4.69, 9.17) is 14.2 Å². The first-order valence-electron chi connectivity index (χ1n) is 9.13. The number of benzene rings is 2. The Labute approximate surface area is 169 Å². The van der Waals surface area contributed by atoms with E-state index >= 15 is 0 Å². The molecule has 1 aromatic heterocycles. The predicted molar refractivity (Wildman–Crippen MR) is 113 cm³/mol. The number of para-hydroxylation sites is 2. The lowest BCUT2D eigenvalue weighted by molar-refractivity contribution is 0.102. The van der Waals surface area contributed by atoms with Crippen LogP contribution in [0.4, 0.5) is 17.1 Å². The highest BCUT2D eigenvalue weighted by Crippen LogP contribution is 2.31. The van der Waals surface area contributed by atoms with Crippen molar-refractivity contribution >= 4 is 23.0 Å². The summed E-state index contributed by atoms with van der Waals surface area (Å²) < 4.78 is 16.1. The largest absolute Gasteiger partial charge is 0.493 e. The van der Waals surface area contributed by atoms with Crippen LogP contribution in [0.1, 0.15) is 17.4 Å². The lowest BCUT2D eigenvalue weighted by Gasteiger charge is -2.13. The smallest absolute Gasteiger partial charge is 0.274 e. The van der Waals surface area contributed by atoms with Gasteiger partial charge in [-0.2, -0.15) is 0 Å². The minimum absolute atomic E-state index is 0.279. The van der Waals surface area contributed by atoms with Gasteiger partial charge in [-0.3, -0.25) is 9.78 Å². The third kappa shape index (κ3) is 4.95. The number of hydrogen-bond acceptors (Lipinski definition) is 6. The normalized spacial score (nSPS) is 10.2. The molecular formula is C22H23N3O4. The highest BCUT2D eigenvalue weighted by Gasteiger charge is 2.12. The van der Waals surface area contributed by atoms with Crippen LogP contribution in [0.15, 0.2) is 60.8 Å². The van der Waals surface area contributed by atoms with Gasteiger partial charge in [0.15, 0.2) is 11.5 Å². The summed E-state index contributed by atoms with van der Waals surface area (Å²) in [4.78, 5) is 16.8. The van der Waals surface area contributed by atoms with Crippen molar-refractivity contribution in [2.75, 3.05) is 31.5 Å². The number of hydrogen-bond donors (Lipinski definition) is 2. The molecule has 0 fully saturated rings. The molecule has 0 unspecified atom stereocenters. The Bertz CT molecular complexity index is 991. The minimum atomic E-state index is -0.326. The minimum Gasteiger partial charge on any atom is -0.493 e. The fourth-order valence-corrected chi connectivity index (χ4v) is 2.75. The summed E-state index contributed by atoms with van der Waals surface area (Å²) in [6.45, 7) is 2.40. The average Bonchev–Trinajstić information content (AvgIpc) is 2.75. The quantitative estimate of drug-likeness (QED) is 0.587. The van der Waals surface area contributed by atoms with E-state index in [1.807, 2.05) is 37.3 Å². The van der Waals surface area contributed by atoms with Crippen molar-refractivity contribution in [3.05, 3.63) is 66.5 Å². The molecule has 3 aromatic rings. The van der Waals surface area contributed by atoms with E-state index in [0.717, 1.165) is 11.4 Å². The van der Waals surface area contributed by atoms with Crippen LogP contribution < -0.4 is 24.8 Å². The molecule has 0 bridgehead atoms. The lowest BCUT2D eigenvalue weighted by Crippen LogP contribution is -2.14. The van der Waals surface area contributed by atoms with Crippen LogP contribution >= 0.6 is 0 Å². The van der Waals surface area contributed by atoms with E-state index in [1.54, 1.807) is 44.7 Å². The molecule has 2 N–H and O–H groups in total. The number of anilines is 3. The molecule has 1 heterocycles. The van der Waals surface area contributed by atoms with Gasteiger partial charge in [0, 0.05) is 23.6 Å². The van der Waals surface area contributed by atoms with Crippen LogP contribution in [0.25, 0.3) is 0 Å². The van der Waals surface area contributed by atoms with Gasteiger partial charge in [-0.05, 0) is 43.3 Å². The van der Waals surface area contributed by atoms with Crippen LogP contribution in [0.3, 0.4) is 0 Å². The molecule has 150 valence electrons. The maximum atomic E-state index is 12.7. The number of pyridine rings is 1. The first-order valence-corrected chi connectivity index (χ1v) is 9.13. The van der Waals surface area contributed by atoms with Crippen molar-refractivity contribution in [2.45, 2.75) is 6.92 Å². The SMILES string of the molecule is CCOc1ccccc1NC(=O)c1cc(Nc2ccc(OC)c(OC)c2)ccn1. The van der Waals surface area contributed by atoms with Crippen molar-refractivity contribution in [3.8, 4) is 17.2 Å². The van der Waals surface area contributed by atoms with Gasteiger partial charge in [-0.25, -0.2) is 0 Å². The predicted octanol–water partition coefficient (Wildman–Crippen LogP) is 4.49. The van der Waals surface area contributed by atoms with Gasteiger partial charge in [0.2, 0.25) is 0 Å². The molecule has 0 spiro atoms. The molecule has 1 amide bonds. The topological polar surface area (TPSA) is 81.7 Å². The maximum Gasteiger partial charge on any atom is 0.274 e. The summed E-state index contributed by atoms with van der Waals surface area (Å²) in [5.74, 6) is 1.54. The zero-order valence-corrected chi connectivity index (χ0v) is 16.6. The van der Waals surface area contributed by atoms with Crippen molar-refractivity contribution < 1.29 is 19.0 Å². The molecule has 0 aliphatic rings. The third-order valence-electron chi connectivity index (χ3n) is 4.10. The number of ether oxygens (including phenoxy) is 3. The zero-order chi connectivity index (χ0) is 20.6. The Hall–Kier alpha value is -3.74. The molecule has 0 aliphatic carbocycles. The summed E-state index contributed by atoms with van der Waals surface area (Å²) in [5.41, 5.74) is 2.39. The molecule has 7 nitrogen and oxygen atoms in total. The van der Waals surface area contributed by atoms with Gasteiger partial charge in [-0.15, -0.1) is 0 Å². The van der Waals surface area contributed by atoms with E-state index in [2.05, 4.69) is 15.6 Å². The molecule has 3 rings (SSSR count). The molecule has 2 aromatic carbocycles. The highest BCUT2D eigenvalue weighted by molar-refractivity contribution is 6.04. The molecule has 7 heteroatoms. The van der Waals surface area contributed by atoms with Gasteiger partial charge in [0.1, 0.15) is 11.4 Å². The van der Waals surface area contributed by atoms with E-state index in [0.29, 0.717) is 29.5 Å². The second kappa shape index (κ2) is 9.45. The summed E-state index contributed by atoms with van der Waals surface area (Å²) in [7, 11) is 3.17. The lowest BCUT2D eigenvalue weighted by atomic mass is 10.2. The van der Waals surface area contributed by atoms with Crippen LogP contribution in [-0.2, 0) is 0 Å². The Morgan fingerprint density at radius 2 is 1.69 bits per heavy atom. The third-order valence-corrected chi connectivity index (χ3v) is 4.10. The number of carbonyl (C=O) groups is 1. The first kappa shape index (κ1) is 20.0. The van der Waals surface area contributed by atoms with E-state index in [9.17, 15) is 4.79 Å². The Kier molecular flexibility index (Phi) is 6.52. The molecule has 0 atom stereocenters. The molecule has 0 saturated carbocycles. The van der Waals surface area contributed by atoms with Gasteiger partial charge in [-0.1, -0.05) is 12.1 Å². The number of aromatic nitrogens is 1. The fourth-order valence-electron chi connectivity index (χ4n) is 2.75. The van der Waals surface area contributed by atoms with Gasteiger partial charge in [0.25, 0.3) is 5.91 Å². The van der Waals surface area contributed by atoms with E-state index in [-0.39, 0.29) is 11.6 Å². The van der Waals surface area contributed by atoms with Gasteiger partial charge < -0.3 is 24.8 Å². The number of carbonyl (C=O) groups excluding carboxylic acids is 1. The first-order chi connectivity index (χ1) is 14.1. The second-order valence-electron chi connectivity index (χ2n) is 6.01. The maximum absolute atomic E-state index is 12.7. The van der Waals surface area contributed by atoms with Crippen molar-refractivity contribution in [1.29, 1.82) is 0 Å². The molecule has 0 saturated heterocycles. The van der Waals surface area contributed by atoms with Crippen molar-refractivity contribution in [3.63, 3.8) is 0 Å². The Morgan fingerprint density at radius 1 is 0.931 bits per heavy atom. The number of amides is 1. The standard InChI is InChI=1S/C22H23N3O4/c1-4-29-19-8-6-5-7-17(19)25-22(26)18-13-16(11-12-23-18)24-15-9-10-20(27-2)21(14-15)28-3/h5-14H,4H2,1-3H3,(H,23,24)(H,25,26). The number of methoxy groups -OCH3 is 2. The molecular weight excluding hydrogens is 370 g/mol. The Balaban J connectivity index is 1.77. The molecule has 0 aliphatic heterocycles. The van der Waals surface area contributed by atoms with Gasteiger partial charge in [0.05, 0.1) is 26.5 Å². The Morgan fingerprint density at radius 3 is 2.45 bits per heavy atom. The number of nitrogens with zero attached hydrogens (tertiary/aromatic N) is 1. The van der Waals surface area contributed by atoms with E-state index < -0.39 is 0 Å². The number of nitrogens with one attached hydrogen (secondary N) is 2. The second-order valence-corrected chi connectivity index (χ2v) is 6.01. The zero-order valence-electron chi connectivity index (χ0n) is 16.6. The molecule has 29 heavy (non-hydrogen) atoms. The fraction of sp³-hybridized carbons (Fsp3) is 0.182. The average molecular weight is 393 g/mol. The van der Waals surface area contributed by atoms with Crippen LogP contribution in [0, 0.1) is 0 Å².